The van der Waals surface area contributed by atoms with Crippen molar-refractivity contribution in [2.45, 2.75) is 69.2 Å². The molecule has 2 unspecified atom stereocenters. The summed E-state index contributed by atoms with van der Waals surface area (Å²) >= 11 is 0. The van der Waals surface area contributed by atoms with Crippen molar-refractivity contribution in [3.63, 3.8) is 0 Å². The molecule has 1 aromatic rings. The van der Waals surface area contributed by atoms with E-state index in [-0.39, 0.29) is 16.6 Å². The first-order valence-electron chi connectivity index (χ1n) is 8.73. The lowest BCUT2D eigenvalue weighted by Gasteiger charge is -2.06. The van der Waals surface area contributed by atoms with Gasteiger partial charge in [-0.1, -0.05) is 51.9 Å². The normalized spacial score (nSPS) is 20.0. The third kappa shape index (κ3) is 5.01. The minimum Gasteiger partial charge on any atom is -0.258 e. The van der Waals surface area contributed by atoms with Crippen LogP contribution in [0.4, 0.5) is 5.69 Å². The van der Waals surface area contributed by atoms with Gasteiger partial charge in [0.2, 0.25) is 10.0 Å². The number of benzene rings is 1. The Morgan fingerprint density at radius 2 is 1.67 bits per heavy atom. The van der Waals surface area contributed by atoms with Crippen molar-refractivity contribution in [2.75, 3.05) is 6.54 Å². The fourth-order valence-electron chi connectivity index (χ4n) is 2.90. The molecule has 1 aromatic carbocycles. The molecular formula is C17H26N2O4S. The van der Waals surface area contributed by atoms with Crippen molar-refractivity contribution in [2.24, 2.45) is 0 Å². The predicted octanol–water partition coefficient (Wildman–Crippen LogP) is 4.11. The van der Waals surface area contributed by atoms with Gasteiger partial charge in [0.25, 0.3) is 5.69 Å². The topological polar surface area (TPSA) is 80.3 Å². The lowest BCUT2D eigenvalue weighted by atomic mass is 10.1. The van der Waals surface area contributed by atoms with Crippen molar-refractivity contribution in [3.05, 3.63) is 34.4 Å². The van der Waals surface area contributed by atoms with Crippen LogP contribution in [0.2, 0.25) is 0 Å². The Bertz CT molecular complexity index is 643. The molecule has 0 saturated carbocycles. The molecule has 0 aromatic heterocycles. The van der Waals surface area contributed by atoms with E-state index in [1.807, 2.05) is 0 Å². The lowest BCUT2D eigenvalue weighted by molar-refractivity contribution is -0.384. The first-order valence-corrected chi connectivity index (χ1v) is 10.2. The zero-order valence-electron chi connectivity index (χ0n) is 14.2. The molecule has 6 nitrogen and oxygen atoms in total. The standard InChI is InChI=1S/C17H26N2O4S/c1-2-3-4-5-6-7-8-9-16-14-18(16)24(22,23)17-12-10-15(11-13-17)19(20)21/h10-13,16H,2-9,14H2,1H3. The van der Waals surface area contributed by atoms with Gasteiger partial charge >= 0.3 is 0 Å². The maximum Gasteiger partial charge on any atom is 0.269 e. The predicted molar refractivity (Wildman–Crippen MR) is 93.4 cm³/mol. The van der Waals surface area contributed by atoms with E-state index in [0.29, 0.717) is 6.54 Å². The Balaban J connectivity index is 1.75. The van der Waals surface area contributed by atoms with Crippen LogP contribution in [-0.4, -0.2) is 30.2 Å². The molecule has 0 spiro atoms. The lowest BCUT2D eigenvalue weighted by Crippen LogP contribution is -2.14. The Morgan fingerprint density at radius 1 is 1.08 bits per heavy atom. The molecule has 0 aliphatic carbocycles. The van der Waals surface area contributed by atoms with Crippen molar-refractivity contribution in [3.8, 4) is 0 Å². The second-order valence-corrected chi connectivity index (χ2v) is 8.28. The van der Waals surface area contributed by atoms with E-state index in [4.69, 9.17) is 0 Å². The van der Waals surface area contributed by atoms with Crippen LogP contribution >= 0.6 is 0 Å². The fourth-order valence-corrected chi connectivity index (χ4v) is 4.52. The van der Waals surface area contributed by atoms with Crippen LogP contribution in [0.3, 0.4) is 0 Å². The molecule has 134 valence electrons. The van der Waals surface area contributed by atoms with Crippen molar-refractivity contribution in [1.29, 1.82) is 0 Å². The highest BCUT2D eigenvalue weighted by Gasteiger charge is 2.43. The number of nitro benzene ring substituents is 1. The number of unbranched alkanes of at least 4 members (excludes halogenated alkanes) is 6. The van der Waals surface area contributed by atoms with Gasteiger partial charge in [0.15, 0.2) is 0 Å². The molecule has 1 heterocycles. The Hall–Kier alpha value is -1.47. The van der Waals surface area contributed by atoms with E-state index in [2.05, 4.69) is 6.92 Å². The number of sulfonamides is 1. The summed E-state index contributed by atoms with van der Waals surface area (Å²) in [7, 11) is -3.50. The summed E-state index contributed by atoms with van der Waals surface area (Å²) in [5.41, 5.74) is -0.0978. The average Bonchev–Trinajstić information content (AvgIpc) is 3.34. The first kappa shape index (κ1) is 18.9. The molecular weight excluding hydrogens is 328 g/mol. The molecule has 2 rings (SSSR count). The zero-order valence-corrected chi connectivity index (χ0v) is 15.0. The molecule has 7 heteroatoms. The molecule has 1 aliphatic rings. The highest BCUT2D eigenvalue weighted by atomic mass is 32.2. The van der Waals surface area contributed by atoms with Gasteiger partial charge in [0.05, 0.1) is 9.82 Å². The molecule has 24 heavy (non-hydrogen) atoms. The second kappa shape index (κ2) is 8.58. The van der Waals surface area contributed by atoms with Crippen LogP contribution in [0, 0.1) is 10.1 Å². The fraction of sp³-hybridized carbons (Fsp3) is 0.647. The van der Waals surface area contributed by atoms with Gasteiger partial charge < -0.3 is 0 Å². The molecule has 0 amide bonds. The number of hydrogen-bond acceptors (Lipinski definition) is 4. The number of nitro groups is 1. The van der Waals surface area contributed by atoms with Gasteiger partial charge in [-0.15, -0.1) is 0 Å². The monoisotopic (exact) mass is 354 g/mol. The summed E-state index contributed by atoms with van der Waals surface area (Å²) < 4.78 is 26.4. The van der Waals surface area contributed by atoms with Crippen molar-refractivity contribution in [1.82, 2.24) is 4.31 Å². The van der Waals surface area contributed by atoms with Gasteiger partial charge in [0, 0.05) is 24.7 Å². The van der Waals surface area contributed by atoms with E-state index >= 15 is 0 Å². The third-order valence-electron chi connectivity index (χ3n) is 4.46. The SMILES string of the molecule is CCCCCCCCCC1CN1S(=O)(=O)c1ccc([N+](=O)[O-])cc1. The summed E-state index contributed by atoms with van der Waals surface area (Å²) in [5, 5.41) is 10.6. The van der Waals surface area contributed by atoms with Gasteiger partial charge in [-0.3, -0.25) is 10.1 Å². The Morgan fingerprint density at radius 3 is 2.25 bits per heavy atom. The molecule has 0 bridgehead atoms. The van der Waals surface area contributed by atoms with Crippen molar-refractivity contribution >= 4 is 15.7 Å². The molecule has 1 fully saturated rings. The minimum atomic E-state index is -3.50. The minimum absolute atomic E-state index is 0.0978. The van der Waals surface area contributed by atoms with Crippen LogP contribution in [0.15, 0.2) is 29.2 Å². The van der Waals surface area contributed by atoms with Crippen LogP contribution < -0.4 is 0 Å². The molecule has 2 atom stereocenters. The number of hydrogen-bond donors (Lipinski definition) is 0. The van der Waals surface area contributed by atoms with Crippen LogP contribution in [0.5, 0.6) is 0 Å². The number of rotatable bonds is 11. The number of non-ortho nitro benzene ring substituents is 1. The van der Waals surface area contributed by atoms with E-state index < -0.39 is 14.9 Å². The van der Waals surface area contributed by atoms with Crippen LogP contribution in [0.25, 0.3) is 0 Å². The maximum absolute atomic E-state index is 12.4. The highest BCUT2D eigenvalue weighted by Crippen LogP contribution is 2.32. The van der Waals surface area contributed by atoms with Crippen molar-refractivity contribution < 1.29 is 13.3 Å². The summed E-state index contributed by atoms with van der Waals surface area (Å²) in [6.07, 6.45) is 9.45. The van der Waals surface area contributed by atoms with Crippen LogP contribution in [-0.2, 0) is 10.0 Å². The van der Waals surface area contributed by atoms with Gasteiger partial charge in [-0.2, -0.15) is 4.31 Å². The summed E-state index contributed by atoms with van der Waals surface area (Å²) in [6.45, 7) is 2.77. The molecule has 1 saturated heterocycles. The molecule has 1 aliphatic heterocycles. The quantitative estimate of drug-likeness (QED) is 0.259. The summed E-state index contributed by atoms with van der Waals surface area (Å²) in [5.74, 6) is 0. The van der Waals surface area contributed by atoms with E-state index in [9.17, 15) is 18.5 Å². The Kier molecular flexibility index (Phi) is 6.74. The van der Waals surface area contributed by atoms with Gasteiger partial charge in [0.1, 0.15) is 0 Å². The smallest absolute Gasteiger partial charge is 0.258 e. The zero-order chi connectivity index (χ0) is 17.6. The maximum atomic E-state index is 12.4. The van der Waals surface area contributed by atoms with E-state index in [1.165, 1.54) is 60.7 Å². The summed E-state index contributed by atoms with van der Waals surface area (Å²) in [4.78, 5) is 10.2. The first-order chi connectivity index (χ1) is 11.5. The average molecular weight is 354 g/mol. The van der Waals surface area contributed by atoms with Gasteiger partial charge in [-0.25, -0.2) is 8.42 Å². The number of nitrogens with zero attached hydrogens (tertiary/aromatic N) is 2. The third-order valence-corrected chi connectivity index (χ3v) is 6.39. The molecule has 0 N–H and O–H groups in total. The Labute approximate surface area is 144 Å². The van der Waals surface area contributed by atoms with E-state index in [0.717, 1.165) is 19.3 Å². The van der Waals surface area contributed by atoms with Crippen LogP contribution in [0.1, 0.15) is 58.3 Å². The second-order valence-electron chi connectivity index (χ2n) is 6.39. The van der Waals surface area contributed by atoms with E-state index in [1.54, 1.807) is 0 Å². The molecule has 0 radical (unpaired) electrons. The largest absolute Gasteiger partial charge is 0.269 e. The van der Waals surface area contributed by atoms with Gasteiger partial charge in [-0.05, 0) is 18.6 Å². The highest BCUT2D eigenvalue weighted by molar-refractivity contribution is 7.89. The summed E-state index contributed by atoms with van der Waals surface area (Å²) in [6, 6.07) is 5.21.